The summed E-state index contributed by atoms with van der Waals surface area (Å²) in [5, 5.41) is 7.51. The van der Waals surface area contributed by atoms with Gasteiger partial charge in [0.05, 0.1) is 0 Å². The minimum absolute atomic E-state index is 0.119. The third-order valence-corrected chi connectivity index (χ3v) is 1.45. The Kier molecular flexibility index (Phi) is 3.72. The monoisotopic (exact) mass is 143 g/mol. The fraction of sp³-hybridized carbons (Fsp3) is 1.00. The zero-order chi connectivity index (χ0) is 7.23. The van der Waals surface area contributed by atoms with Crippen LogP contribution in [-0.2, 0) is 4.74 Å². The van der Waals surface area contributed by atoms with Crippen LogP contribution >= 0.6 is 0 Å². The molecule has 0 spiro atoms. The lowest BCUT2D eigenvalue weighted by atomic mass is 10.4. The van der Waals surface area contributed by atoms with Crippen molar-refractivity contribution in [1.82, 2.24) is 10.6 Å². The van der Waals surface area contributed by atoms with E-state index >= 15 is 0 Å². The van der Waals surface area contributed by atoms with Crippen molar-refractivity contribution < 1.29 is 4.74 Å². The topological polar surface area (TPSA) is 35.4 Å². The molecule has 3 heteroatoms. The summed E-state index contributed by atoms with van der Waals surface area (Å²) in [4.78, 5) is 0. The van der Waals surface area contributed by atoms with Crippen LogP contribution in [0, 0.1) is 0 Å². The highest BCUT2D eigenvalue weighted by Gasteiger charge is 2.11. The van der Waals surface area contributed by atoms with Crippen LogP contribution in [-0.4, -0.2) is 32.5 Å². The van der Waals surface area contributed by atoms with E-state index in [1.54, 1.807) is 0 Å². The molecule has 1 aliphatic rings. The quantitative estimate of drug-likeness (QED) is 0.601. The van der Waals surface area contributed by atoms with Gasteiger partial charge in [-0.1, -0.05) is 6.92 Å². The van der Waals surface area contributed by atoms with Crippen molar-refractivity contribution in [1.29, 1.82) is 0 Å². The van der Waals surface area contributed by atoms with Crippen molar-refractivity contribution in [3.8, 4) is 0 Å². The molecule has 1 rings (SSSR count). The van der Waals surface area contributed by atoms with Gasteiger partial charge in [-0.05, 0) is 6.42 Å². The van der Waals surface area contributed by atoms with Crippen LogP contribution in [0.3, 0.4) is 0 Å². The molecular weight excluding hydrogens is 128 g/mol. The van der Waals surface area contributed by atoms with E-state index in [9.17, 15) is 0 Å². The largest absolute Gasteiger partial charge is 0.361 e. The lowest BCUT2D eigenvalue weighted by Gasteiger charge is -2.22. The predicted octanol–water partition coefficient (Wildman–Crippen LogP) is -0.0533. The van der Waals surface area contributed by atoms with Crippen LogP contribution < -0.4 is 10.6 Å². The number of hydrogen-bond acceptors (Lipinski definition) is 2. The minimum Gasteiger partial charge on any atom is -0.361 e. The summed E-state index contributed by atoms with van der Waals surface area (Å²) in [7, 11) is 0. The van der Waals surface area contributed by atoms with Crippen molar-refractivity contribution in [3.05, 3.63) is 0 Å². The third kappa shape index (κ3) is 2.64. The number of ether oxygens (including phenoxy) is 1. The summed E-state index contributed by atoms with van der Waals surface area (Å²) in [6.07, 6.45) is 1.19. The normalized spacial score (nSPS) is 26.7. The SMILES string of the molecule is CCCOC1CNCC[N]1. The van der Waals surface area contributed by atoms with Crippen molar-refractivity contribution >= 4 is 0 Å². The smallest absolute Gasteiger partial charge is 0.135 e. The molecule has 0 aromatic rings. The van der Waals surface area contributed by atoms with Gasteiger partial charge in [0.25, 0.3) is 0 Å². The molecule has 1 radical (unpaired) electrons. The molecule has 1 saturated heterocycles. The highest BCUT2D eigenvalue weighted by molar-refractivity contribution is 4.66. The van der Waals surface area contributed by atoms with E-state index < -0.39 is 0 Å². The van der Waals surface area contributed by atoms with E-state index in [0.29, 0.717) is 0 Å². The lowest BCUT2D eigenvalue weighted by Crippen LogP contribution is -2.45. The molecule has 0 aromatic carbocycles. The van der Waals surface area contributed by atoms with Gasteiger partial charge in [0.15, 0.2) is 0 Å². The Hall–Kier alpha value is -0.120. The first-order chi connectivity index (χ1) is 4.93. The zero-order valence-electron chi connectivity index (χ0n) is 6.47. The molecule has 0 saturated carbocycles. The third-order valence-electron chi connectivity index (χ3n) is 1.45. The number of piperazine rings is 1. The van der Waals surface area contributed by atoms with Crippen LogP contribution in [0.15, 0.2) is 0 Å². The molecule has 0 aromatic heterocycles. The molecule has 10 heavy (non-hydrogen) atoms. The van der Waals surface area contributed by atoms with Crippen LogP contribution in [0.5, 0.6) is 0 Å². The molecule has 0 amide bonds. The molecule has 1 aliphatic heterocycles. The summed E-state index contributed by atoms with van der Waals surface area (Å²) in [5.74, 6) is 0. The fourth-order valence-electron chi connectivity index (χ4n) is 0.943. The van der Waals surface area contributed by atoms with Gasteiger partial charge in [-0.15, -0.1) is 0 Å². The average Bonchev–Trinajstić information content (AvgIpc) is 2.03. The first-order valence-electron chi connectivity index (χ1n) is 3.92. The van der Waals surface area contributed by atoms with E-state index in [1.807, 2.05) is 0 Å². The number of nitrogens with one attached hydrogen (secondary N) is 1. The Bertz CT molecular complexity index is 81.7. The summed E-state index contributed by atoms with van der Waals surface area (Å²) in [5.41, 5.74) is 0. The van der Waals surface area contributed by atoms with Gasteiger partial charge < -0.3 is 10.1 Å². The second-order valence-electron chi connectivity index (χ2n) is 2.44. The molecule has 59 valence electrons. The Morgan fingerprint density at radius 2 is 2.60 bits per heavy atom. The van der Waals surface area contributed by atoms with Crippen molar-refractivity contribution in [3.63, 3.8) is 0 Å². The highest BCUT2D eigenvalue weighted by atomic mass is 16.5. The molecular formula is C7H15N2O. The van der Waals surface area contributed by atoms with E-state index in [4.69, 9.17) is 4.74 Å². The minimum atomic E-state index is 0.119. The van der Waals surface area contributed by atoms with E-state index in [2.05, 4.69) is 17.6 Å². The van der Waals surface area contributed by atoms with Crippen molar-refractivity contribution in [2.24, 2.45) is 0 Å². The van der Waals surface area contributed by atoms with Crippen LogP contribution in [0.2, 0.25) is 0 Å². The average molecular weight is 143 g/mol. The van der Waals surface area contributed by atoms with Gasteiger partial charge in [0.1, 0.15) is 6.23 Å². The van der Waals surface area contributed by atoms with Crippen molar-refractivity contribution in [2.75, 3.05) is 26.2 Å². The fourth-order valence-corrected chi connectivity index (χ4v) is 0.943. The number of hydrogen-bond donors (Lipinski definition) is 1. The molecule has 0 aliphatic carbocycles. The van der Waals surface area contributed by atoms with Crippen LogP contribution in [0.1, 0.15) is 13.3 Å². The summed E-state index contributed by atoms with van der Waals surface area (Å²) in [6.45, 7) is 5.73. The van der Waals surface area contributed by atoms with Gasteiger partial charge in [-0.2, -0.15) is 0 Å². The standard InChI is InChI=1S/C7H15N2O/c1-2-5-10-7-6-8-3-4-9-7/h7-8H,2-6H2,1H3. The maximum Gasteiger partial charge on any atom is 0.135 e. The number of nitrogens with zero attached hydrogens (tertiary/aromatic N) is 1. The Labute approximate surface area is 62.1 Å². The Morgan fingerprint density at radius 3 is 3.20 bits per heavy atom. The van der Waals surface area contributed by atoms with Gasteiger partial charge in [-0.3, -0.25) is 0 Å². The molecule has 1 atom stereocenters. The second kappa shape index (κ2) is 4.66. The molecule has 1 fully saturated rings. The predicted molar refractivity (Wildman–Crippen MR) is 39.9 cm³/mol. The van der Waals surface area contributed by atoms with Crippen LogP contribution in [0.4, 0.5) is 0 Å². The maximum atomic E-state index is 5.40. The second-order valence-corrected chi connectivity index (χ2v) is 2.44. The van der Waals surface area contributed by atoms with Crippen molar-refractivity contribution in [2.45, 2.75) is 19.6 Å². The summed E-state index contributed by atoms with van der Waals surface area (Å²) >= 11 is 0. The molecule has 3 nitrogen and oxygen atoms in total. The molecule has 0 bridgehead atoms. The lowest BCUT2D eigenvalue weighted by molar-refractivity contribution is 0.0188. The molecule has 1 unspecified atom stereocenters. The van der Waals surface area contributed by atoms with E-state index in [0.717, 1.165) is 32.7 Å². The zero-order valence-corrected chi connectivity index (χ0v) is 6.47. The first kappa shape index (κ1) is 7.98. The summed E-state index contributed by atoms with van der Waals surface area (Å²) < 4.78 is 5.40. The van der Waals surface area contributed by atoms with Gasteiger partial charge in [0.2, 0.25) is 0 Å². The van der Waals surface area contributed by atoms with Gasteiger partial charge >= 0.3 is 0 Å². The maximum absolute atomic E-state index is 5.40. The van der Waals surface area contributed by atoms with Gasteiger partial charge in [0, 0.05) is 26.2 Å². The molecule has 1 N–H and O–H groups in total. The highest BCUT2D eigenvalue weighted by Crippen LogP contribution is 1.92. The van der Waals surface area contributed by atoms with Crippen LogP contribution in [0.25, 0.3) is 0 Å². The van der Waals surface area contributed by atoms with E-state index in [-0.39, 0.29) is 6.23 Å². The Balaban J connectivity index is 2.02. The van der Waals surface area contributed by atoms with Gasteiger partial charge in [-0.25, -0.2) is 5.32 Å². The summed E-state index contributed by atoms with van der Waals surface area (Å²) in [6, 6.07) is 0. The molecule has 1 heterocycles. The Morgan fingerprint density at radius 1 is 1.70 bits per heavy atom. The first-order valence-corrected chi connectivity index (χ1v) is 3.92. The number of rotatable bonds is 3. The van der Waals surface area contributed by atoms with E-state index in [1.165, 1.54) is 0 Å².